The van der Waals surface area contributed by atoms with Gasteiger partial charge in [0.2, 0.25) is 5.89 Å². The lowest BCUT2D eigenvalue weighted by molar-refractivity contribution is 0.0661. The SMILES string of the molecule is Cc1noc(CCNC2CC(C)(C)Oc3ccccc32)n1. The van der Waals surface area contributed by atoms with Crippen molar-refractivity contribution in [1.29, 1.82) is 0 Å². The van der Waals surface area contributed by atoms with E-state index in [2.05, 4.69) is 41.4 Å². The Labute approximate surface area is 124 Å². The standard InChI is InChI=1S/C16H21N3O2/c1-11-18-15(21-19-11)8-9-17-13-10-16(2,3)20-14-7-5-4-6-12(13)14/h4-7,13,17H,8-10H2,1-3H3. The third-order valence-corrected chi connectivity index (χ3v) is 3.68. The van der Waals surface area contributed by atoms with Crippen LogP contribution in [0.1, 0.15) is 43.6 Å². The molecule has 0 aliphatic carbocycles. The van der Waals surface area contributed by atoms with E-state index >= 15 is 0 Å². The van der Waals surface area contributed by atoms with Crippen LogP contribution in [-0.2, 0) is 6.42 Å². The number of ether oxygens (including phenoxy) is 1. The Kier molecular flexibility index (Phi) is 3.68. The van der Waals surface area contributed by atoms with Gasteiger partial charge in [0, 0.05) is 31.0 Å². The summed E-state index contributed by atoms with van der Waals surface area (Å²) in [4.78, 5) is 4.22. The van der Waals surface area contributed by atoms with Crippen LogP contribution in [-0.4, -0.2) is 22.3 Å². The molecule has 0 fully saturated rings. The van der Waals surface area contributed by atoms with E-state index in [-0.39, 0.29) is 11.6 Å². The third kappa shape index (κ3) is 3.24. The molecule has 2 heterocycles. The maximum atomic E-state index is 6.04. The highest BCUT2D eigenvalue weighted by Crippen LogP contribution is 2.39. The zero-order chi connectivity index (χ0) is 14.9. The molecule has 1 aliphatic heterocycles. The van der Waals surface area contributed by atoms with Crippen molar-refractivity contribution in [2.75, 3.05) is 6.54 Å². The fourth-order valence-corrected chi connectivity index (χ4v) is 2.78. The van der Waals surface area contributed by atoms with Crippen LogP contribution in [0.15, 0.2) is 28.8 Å². The van der Waals surface area contributed by atoms with E-state index in [1.54, 1.807) is 0 Å². The van der Waals surface area contributed by atoms with Gasteiger partial charge in [0.15, 0.2) is 5.82 Å². The fraction of sp³-hybridized carbons (Fsp3) is 0.500. The molecule has 0 spiro atoms. The number of nitrogens with one attached hydrogen (secondary N) is 1. The van der Waals surface area contributed by atoms with Crippen molar-refractivity contribution in [1.82, 2.24) is 15.5 Å². The van der Waals surface area contributed by atoms with Gasteiger partial charge < -0.3 is 14.6 Å². The molecule has 0 bridgehead atoms. The van der Waals surface area contributed by atoms with E-state index < -0.39 is 0 Å². The number of aromatic nitrogens is 2. The number of aryl methyl sites for hydroxylation is 1. The topological polar surface area (TPSA) is 60.2 Å². The Balaban J connectivity index is 1.67. The number of benzene rings is 1. The van der Waals surface area contributed by atoms with Gasteiger partial charge in [-0.05, 0) is 26.8 Å². The zero-order valence-corrected chi connectivity index (χ0v) is 12.7. The predicted octanol–water partition coefficient (Wildman–Crippen LogP) is 2.81. The number of rotatable bonds is 4. The van der Waals surface area contributed by atoms with E-state index in [4.69, 9.17) is 9.26 Å². The number of para-hydroxylation sites is 1. The maximum Gasteiger partial charge on any atom is 0.227 e. The molecular weight excluding hydrogens is 266 g/mol. The average Bonchev–Trinajstić information content (AvgIpc) is 2.83. The Bertz CT molecular complexity index is 621. The van der Waals surface area contributed by atoms with E-state index in [1.807, 2.05) is 19.1 Å². The molecule has 0 saturated carbocycles. The summed E-state index contributed by atoms with van der Waals surface area (Å²) in [7, 11) is 0. The molecule has 1 unspecified atom stereocenters. The summed E-state index contributed by atoms with van der Waals surface area (Å²) in [6.45, 7) is 6.88. The van der Waals surface area contributed by atoms with Gasteiger partial charge in [-0.15, -0.1) is 0 Å². The van der Waals surface area contributed by atoms with Gasteiger partial charge in [-0.3, -0.25) is 0 Å². The van der Waals surface area contributed by atoms with Gasteiger partial charge in [0.1, 0.15) is 11.4 Å². The lowest BCUT2D eigenvalue weighted by Crippen LogP contribution is -2.40. The summed E-state index contributed by atoms with van der Waals surface area (Å²) >= 11 is 0. The van der Waals surface area contributed by atoms with Crippen molar-refractivity contribution >= 4 is 0 Å². The smallest absolute Gasteiger partial charge is 0.227 e. The second kappa shape index (κ2) is 5.48. The molecule has 1 N–H and O–H groups in total. The van der Waals surface area contributed by atoms with Crippen LogP contribution in [0, 0.1) is 6.92 Å². The van der Waals surface area contributed by atoms with Gasteiger partial charge in [-0.1, -0.05) is 23.4 Å². The highest BCUT2D eigenvalue weighted by atomic mass is 16.5. The van der Waals surface area contributed by atoms with Gasteiger partial charge in [-0.25, -0.2) is 0 Å². The maximum absolute atomic E-state index is 6.04. The van der Waals surface area contributed by atoms with Gasteiger partial charge in [-0.2, -0.15) is 4.98 Å². The van der Waals surface area contributed by atoms with E-state index in [0.717, 1.165) is 25.1 Å². The summed E-state index contributed by atoms with van der Waals surface area (Å²) in [6, 6.07) is 8.51. The molecule has 1 atom stereocenters. The summed E-state index contributed by atoms with van der Waals surface area (Å²) < 4.78 is 11.2. The number of nitrogens with zero attached hydrogens (tertiary/aromatic N) is 2. The highest BCUT2D eigenvalue weighted by Gasteiger charge is 2.33. The molecule has 0 radical (unpaired) electrons. The molecule has 1 aromatic carbocycles. The fourth-order valence-electron chi connectivity index (χ4n) is 2.78. The molecule has 5 nitrogen and oxygen atoms in total. The summed E-state index contributed by atoms with van der Waals surface area (Å²) in [5.41, 5.74) is 1.06. The molecule has 0 saturated heterocycles. The predicted molar refractivity (Wildman–Crippen MR) is 79.2 cm³/mol. The van der Waals surface area contributed by atoms with Crippen LogP contribution in [0.25, 0.3) is 0 Å². The summed E-state index contributed by atoms with van der Waals surface area (Å²) in [5.74, 6) is 2.34. The molecule has 112 valence electrons. The van der Waals surface area contributed by atoms with Crippen molar-refractivity contribution in [3.05, 3.63) is 41.5 Å². The molecule has 2 aromatic rings. The first-order chi connectivity index (χ1) is 10.0. The molecule has 1 aromatic heterocycles. The Hall–Kier alpha value is -1.88. The van der Waals surface area contributed by atoms with Gasteiger partial charge in [0.05, 0.1) is 0 Å². The first kappa shape index (κ1) is 14.1. The number of fused-ring (bicyclic) bond motifs is 1. The minimum atomic E-state index is -0.160. The summed E-state index contributed by atoms with van der Waals surface area (Å²) in [6.07, 6.45) is 1.67. The number of hydrogen-bond donors (Lipinski definition) is 1. The molecule has 3 rings (SSSR count). The van der Waals surface area contributed by atoms with Gasteiger partial charge in [0.25, 0.3) is 0 Å². The van der Waals surface area contributed by atoms with Crippen molar-refractivity contribution in [3.8, 4) is 5.75 Å². The van der Waals surface area contributed by atoms with Crippen LogP contribution in [0.2, 0.25) is 0 Å². The zero-order valence-electron chi connectivity index (χ0n) is 12.7. The van der Waals surface area contributed by atoms with Crippen molar-refractivity contribution in [2.24, 2.45) is 0 Å². The minimum Gasteiger partial charge on any atom is -0.487 e. The lowest BCUT2D eigenvalue weighted by atomic mass is 9.89. The quantitative estimate of drug-likeness (QED) is 0.937. The first-order valence-corrected chi connectivity index (χ1v) is 7.34. The molecular formula is C16H21N3O2. The minimum absolute atomic E-state index is 0.160. The monoisotopic (exact) mass is 287 g/mol. The molecule has 21 heavy (non-hydrogen) atoms. The molecule has 0 amide bonds. The first-order valence-electron chi connectivity index (χ1n) is 7.34. The van der Waals surface area contributed by atoms with Crippen molar-refractivity contribution < 1.29 is 9.26 Å². The third-order valence-electron chi connectivity index (χ3n) is 3.68. The van der Waals surface area contributed by atoms with Crippen molar-refractivity contribution in [2.45, 2.75) is 45.3 Å². The van der Waals surface area contributed by atoms with Crippen LogP contribution in [0.3, 0.4) is 0 Å². The average molecular weight is 287 g/mol. The van der Waals surface area contributed by atoms with E-state index in [0.29, 0.717) is 11.7 Å². The lowest BCUT2D eigenvalue weighted by Gasteiger charge is -2.38. The van der Waals surface area contributed by atoms with Crippen LogP contribution < -0.4 is 10.1 Å². The second-order valence-electron chi connectivity index (χ2n) is 6.10. The number of hydrogen-bond acceptors (Lipinski definition) is 5. The Morgan fingerprint density at radius 1 is 1.33 bits per heavy atom. The van der Waals surface area contributed by atoms with Crippen molar-refractivity contribution in [3.63, 3.8) is 0 Å². The second-order valence-corrected chi connectivity index (χ2v) is 6.10. The van der Waals surface area contributed by atoms with Crippen LogP contribution >= 0.6 is 0 Å². The van der Waals surface area contributed by atoms with E-state index in [1.165, 1.54) is 5.56 Å². The Morgan fingerprint density at radius 2 is 2.14 bits per heavy atom. The normalized spacial score (nSPS) is 19.9. The van der Waals surface area contributed by atoms with Crippen LogP contribution in [0.4, 0.5) is 0 Å². The molecule has 1 aliphatic rings. The van der Waals surface area contributed by atoms with Crippen LogP contribution in [0.5, 0.6) is 5.75 Å². The van der Waals surface area contributed by atoms with E-state index in [9.17, 15) is 0 Å². The Morgan fingerprint density at radius 3 is 2.90 bits per heavy atom. The molecule has 5 heteroatoms. The highest BCUT2D eigenvalue weighted by molar-refractivity contribution is 5.38. The largest absolute Gasteiger partial charge is 0.487 e. The van der Waals surface area contributed by atoms with Gasteiger partial charge >= 0.3 is 0 Å². The summed E-state index contributed by atoms with van der Waals surface area (Å²) in [5, 5.41) is 7.39.